The number of hydrogen-bond acceptors (Lipinski definition) is 2. The van der Waals surface area contributed by atoms with Gasteiger partial charge < -0.3 is 9.47 Å². The van der Waals surface area contributed by atoms with Gasteiger partial charge in [-0.3, -0.25) is 0 Å². The second-order valence-electron chi connectivity index (χ2n) is 8.30. The summed E-state index contributed by atoms with van der Waals surface area (Å²) in [6, 6.07) is 13.8. The second kappa shape index (κ2) is 11.0. The topological polar surface area (TPSA) is 18.5 Å². The summed E-state index contributed by atoms with van der Waals surface area (Å²) in [5.41, 5.74) is 1.42. The third-order valence-electron chi connectivity index (χ3n) is 5.91. The van der Waals surface area contributed by atoms with Crippen LogP contribution in [0.4, 0.5) is 26.3 Å². The van der Waals surface area contributed by atoms with Gasteiger partial charge >= 0.3 is 6.61 Å². The summed E-state index contributed by atoms with van der Waals surface area (Å²) >= 11 is 0. The Morgan fingerprint density at radius 3 is 2.11 bits per heavy atom. The Balaban J connectivity index is 1.55. The van der Waals surface area contributed by atoms with Crippen LogP contribution in [0.3, 0.4) is 0 Å². The van der Waals surface area contributed by atoms with Crippen LogP contribution in [0.5, 0.6) is 5.75 Å². The van der Waals surface area contributed by atoms with Crippen LogP contribution in [0.1, 0.15) is 16.7 Å². The van der Waals surface area contributed by atoms with E-state index in [1.807, 2.05) is 0 Å². The summed E-state index contributed by atoms with van der Waals surface area (Å²) in [5.74, 6) is -3.40. The lowest BCUT2D eigenvalue weighted by Gasteiger charge is -2.12. The molecule has 2 nitrogen and oxygen atoms in total. The molecule has 0 saturated heterocycles. The van der Waals surface area contributed by atoms with Crippen molar-refractivity contribution in [2.75, 3.05) is 13.7 Å². The van der Waals surface area contributed by atoms with Crippen LogP contribution >= 0.6 is 0 Å². The van der Waals surface area contributed by atoms with E-state index in [4.69, 9.17) is 4.74 Å². The maximum atomic E-state index is 15.2. The van der Waals surface area contributed by atoms with Crippen molar-refractivity contribution >= 4 is 10.8 Å². The monoisotopic (exact) mass is 504 g/mol. The first-order chi connectivity index (χ1) is 17.3. The smallest absolute Gasteiger partial charge is 0.387 e. The summed E-state index contributed by atoms with van der Waals surface area (Å²) < 4.78 is 92.2. The SMILES string of the molecule is COCCc1cc(F)c(-c2ccc3c(F)c(CCc4ccc(OC(F)F)c(F)c4)ccc3c2)c(F)c1. The minimum atomic E-state index is -3.13. The van der Waals surface area contributed by atoms with Gasteiger partial charge in [-0.2, -0.15) is 8.78 Å². The zero-order valence-corrected chi connectivity index (χ0v) is 19.3. The van der Waals surface area contributed by atoms with E-state index < -0.39 is 35.6 Å². The molecule has 188 valence electrons. The largest absolute Gasteiger partial charge is 0.432 e. The molecular formula is C28H22F6O2. The number of methoxy groups -OCH3 is 1. The van der Waals surface area contributed by atoms with E-state index >= 15 is 4.39 Å². The fourth-order valence-electron chi connectivity index (χ4n) is 4.12. The third-order valence-corrected chi connectivity index (χ3v) is 5.91. The van der Waals surface area contributed by atoms with Crippen LogP contribution in [0.15, 0.2) is 60.7 Å². The van der Waals surface area contributed by atoms with Crippen molar-refractivity contribution in [2.45, 2.75) is 25.9 Å². The first-order valence-electron chi connectivity index (χ1n) is 11.2. The van der Waals surface area contributed by atoms with Crippen LogP contribution in [-0.4, -0.2) is 20.3 Å². The lowest BCUT2D eigenvalue weighted by molar-refractivity contribution is -0.0522. The molecule has 0 aliphatic carbocycles. The highest BCUT2D eigenvalue weighted by Crippen LogP contribution is 2.32. The average Bonchev–Trinajstić information content (AvgIpc) is 2.83. The van der Waals surface area contributed by atoms with Gasteiger partial charge in [0, 0.05) is 12.5 Å². The highest BCUT2D eigenvalue weighted by atomic mass is 19.3. The number of halogens is 6. The molecule has 0 saturated carbocycles. The number of hydrogen-bond donors (Lipinski definition) is 0. The number of alkyl halides is 2. The fourth-order valence-corrected chi connectivity index (χ4v) is 4.12. The molecule has 0 aromatic heterocycles. The normalized spacial score (nSPS) is 11.4. The van der Waals surface area contributed by atoms with E-state index in [0.29, 0.717) is 35.1 Å². The van der Waals surface area contributed by atoms with Gasteiger partial charge in [0.25, 0.3) is 0 Å². The van der Waals surface area contributed by atoms with Gasteiger partial charge in [-0.15, -0.1) is 0 Å². The van der Waals surface area contributed by atoms with Crippen molar-refractivity contribution in [3.05, 3.63) is 101 Å². The van der Waals surface area contributed by atoms with Crippen molar-refractivity contribution < 1.29 is 35.8 Å². The average molecular weight is 504 g/mol. The van der Waals surface area contributed by atoms with E-state index in [9.17, 15) is 22.0 Å². The van der Waals surface area contributed by atoms with Crippen molar-refractivity contribution in [3.63, 3.8) is 0 Å². The maximum Gasteiger partial charge on any atom is 0.387 e. The molecule has 0 atom stereocenters. The molecule has 0 aliphatic rings. The molecule has 0 bridgehead atoms. The fraction of sp³-hybridized carbons (Fsp3) is 0.214. The maximum absolute atomic E-state index is 15.2. The van der Waals surface area contributed by atoms with Gasteiger partial charge in [0.2, 0.25) is 0 Å². The molecule has 4 rings (SSSR count). The summed E-state index contributed by atoms with van der Waals surface area (Å²) in [6.45, 7) is -2.80. The van der Waals surface area contributed by atoms with Crippen molar-refractivity contribution in [2.24, 2.45) is 0 Å². The van der Waals surface area contributed by atoms with Gasteiger partial charge in [0.05, 0.1) is 12.2 Å². The first kappa shape index (κ1) is 25.6. The summed E-state index contributed by atoms with van der Waals surface area (Å²) in [7, 11) is 1.51. The Hall–Kier alpha value is -3.52. The lowest BCUT2D eigenvalue weighted by atomic mass is 9.96. The van der Waals surface area contributed by atoms with E-state index in [2.05, 4.69) is 4.74 Å². The molecule has 0 aliphatic heterocycles. The molecule has 0 amide bonds. The first-order valence-corrected chi connectivity index (χ1v) is 11.2. The van der Waals surface area contributed by atoms with Crippen LogP contribution in [0, 0.1) is 23.3 Å². The van der Waals surface area contributed by atoms with Gasteiger partial charge in [-0.1, -0.05) is 30.3 Å². The molecule has 8 heteroatoms. The minimum Gasteiger partial charge on any atom is -0.432 e. The Morgan fingerprint density at radius 2 is 1.44 bits per heavy atom. The zero-order chi connectivity index (χ0) is 25.8. The molecule has 4 aromatic rings. The molecule has 0 radical (unpaired) electrons. The minimum absolute atomic E-state index is 0.191. The highest BCUT2D eigenvalue weighted by Gasteiger charge is 2.16. The van der Waals surface area contributed by atoms with E-state index in [1.54, 1.807) is 12.1 Å². The number of aryl methyl sites for hydroxylation is 2. The van der Waals surface area contributed by atoms with Crippen LogP contribution in [0.25, 0.3) is 21.9 Å². The number of ether oxygens (including phenoxy) is 2. The Labute approximate surface area is 204 Å². The second-order valence-corrected chi connectivity index (χ2v) is 8.30. The van der Waals surface area contributed by atoms with Crippen molar-refractivity contribution in [3.8, 4) is 16.9 Å². The molecule has 0 unspecified atom stereocenters. The predicted molar refractivity (Wildman–Crippen MR) is 125 cm³/mol. The Morgan fingerprint density at radius 1 is 0.722 bits per heavy atom. The zero-order valence-electron chi connectivity index (χ0n) is 19.3. The number of fused-ring (bicyclic) bond motifs is 1. The molecule has 36 heavy (non-hydrogen) atoms. The molecule has 0 N–H and O–H groups in total. The van der Waals surface area contributed by atoms with Crippen LogP contribution < -0.4 is 4.74 Å². The molecule has 0 fully saturated rings. The summed E-state index contributed by atoms with van der Waals surface area (Å²) in [4.78, 5) is 0. The molecule has 0 heterocycles. The Bertz CT molecular complexity index is 1360. The summed E-state index contributed by atoms with van der Waals surface area (Å²) in [5, 5.41) is 0.746. The van der Waals surface area contributed by atoms with Crippen LogP contribution in [-0.2, 0) is 24.0 Å². The van der Waals surface area contributed by atoms with Crippen molar-refractivity contribution in [1.29, 1.82) is 0 Å². The Kier molecular flexibility index (Phi) is 7.84. The van der Waals surface area contributed by atoms with E-state index in [-0.39, 0.29) is 29.4 Å². The predicted octanol–water partition coefficient (Wildman–Crippen LogP) is 7.64. The van der Waals surface area contributed by atoms with Gasteiger partial charge in [-0.05, 0) is 77.2 Å². The molecule has 4 aromatic carbocycles. The van der Waals surface area contributed by atoms with E-state index in [1.165, 1.54) is 43.5 Å². The third kappa shape index (κ3) is 5.65. The standard InChI is InChI=1S/C28H22F6O2/c1-35-11-10-17-13-23(30)26(24(31)14-17)20-7-8-21-19(15-20)6-5-18(27(21)32)4-2-16-3-9-25(22(29)12-16)36-28(33)34/h3,5-9,12-15,28H,2,4,10-11H2,1H3. The molecule has 0 spiro atoms. The lowest BCUT2D eigenvalue weighted by Crippen LogP contribution is -2.04. The highest BCUT2D eigenvalue weighted by molar-refractivity contribution is 5.88. The van der Waals surface area contributed by atoms with Gasteiger partial charge in [0.15, 0.2) is 11.6 Å². The summed E-state index contributed by atoms with van der Waals surface area (Å²) in [6.07, 6.45) is 0.860. The molecular weight excluding hydrogens is 482 g/mol. The van der Waals surface area contributed by atoms with Crippen molar-refractivity contribution in [1.82, 2.24) is 0 Å². The van der Waals surface area contributed by atoms with Crippen LogP contribution in [0.2, 0.25) is 0 Å². The quantitative estimate of drug-likeness (QED) is 0.218. The van der Waals surface area contributed by atoms with E-state index in [0.717, 1.165) is 12.1 Å². The number of benzene rings is 4. The van der Waals surface area contributed by atoms with Gasteiger partial charge in [0.1, 0.15) is 17.5 Å². The number of rotatable bonds is 9. The van der Waals surface area contributed by atoms with Gasteiger partial charge in [-0.25, -0.2) is 17.6 Å².